The van der Waals surface area contributed by atoms with Crippen molar-refractivity contribution in [1.29, 1.82) is 0 Å². The number of aromatic nitrogens is 5. The lowest BCUT2D eigenvalue weighted by atomic mass is 10.2. The van der Waals surface area contributed by atoms with Crippen molar-refractivity contribution in [1.82, 2.24) is 24.7 Å². The quantitative estimate of drug-likeness (QED) is 0.739. The highest BCUT2D eigenvalue weighted by atomic mass is 16.1. The maximum absolute atomic E-state index is 12.0. The number of hydrogen-bond acceptors (Lipinski definition) is 5. The van der Waals surface area contributed by atoms with Gasteiger partial charge in [0.2, 0.25) is 0 Å². The Morgan fingerprint density at radius 3 is 2.83 bits per heavy atom. The smallest absolute Gasteiger partial charge is 0.190 e. The predicted molar refractivity (Wildman–Crippen MR) is 64.9 cm³/mol. The Balaban J connectivity index is 2.10. The maximum atomic E-state index is 12.0. The summed E-state index contributed by atoms with van der Waals surface area (Å²) in [6.07, 6.45) is 6.18. The molecule has 0 aromatic carbocycles. The summed E-state index contributed by atoms with van der Waals surface area (Å²) in [5, 5.41) is 4.12. The maximum Gasteiger partial charge on any atom is 0.190 e. The minimum Gasteiger partial charge on any atom is -0.292 e. The lowest BCUT2D eigenvalue weighted by Crippen LogP contribution is -2.15. The van der Waals surface area contributed by atoms with Gasteiger partial charge in [-0.25, -0.2) is 14.6 Å². The van der Waals surface area contributed by atoms with Gasteiger partial charge in [0.05, 0.1) is 12.6 Å². The molecule has 2 aromatic heterocycles. The van der Waals surface area contributed by atoms with Crippen molar-refractivity contribution in [2.75, 3.05) is 0 Å². The van der Waals surface area contributed by atoms with Crippen molar-refractivity contribution in [3.05, 3.63) is 36.4 Å². The fraction of sp³-hybridized carbons (Fsp3) is 0.417. The molecule has 18 heavy (non-hydrogen) atoms. The molecule has 0 fully saturated rings. The van der Waals surface area contributed by atoms with E-state index in [1.807, 2.05) is 0 Å². The third-order valence-corrected chi connectivity index (χ3v) is 2.40. The molecular formula is C12H15N5O. The Labute approximate surface area is 105 Å². The van der Waals surface area contributed by atoms with Crippen LogP contribution in [0, 0.1) is 5.92 Å². The summed E-state index contributed by atoms with van der Waals surface area (Å²) in [7, 11) is 0. The van der Waals surface area contributed by atoms with E-state index in [4.69, 9.17) is 0 Å². The van der Waals surface area contributed by atoms with Crippen molar-refractivity contribution in [3.8, 4) is 0 Å². The van der Waals surface area contributed by atoms with E-state index in [2.05, 4.69) is 33.9 Å². The van der Waals surface area contributed by atoms with Gasteiger partial charge < -0.3 is 0 Å². The summed E-state index contributed by atoms with van der Waals surface area (Å²) in [6.45, 7) is 4.94. The van der Waals surface area contributed by atoms with Gasteiger partial charge in [-0.3, -0.25) is 9.78 Å². The van der Waals surface area contributed by atoms with Crippen LogP contribution in [0.15, 0.2) is 24.9 Å². The Morgan fingerprint density at radius 2 is 2.17 bits per heavy atom. The van der Waals surface area contributed by atoms with Crippen LogP contribution in [0.4, 0.5) is 0 Å². The van der Waals surface area contributed by atoms with Gasteiger partial charge in [-0.05, 0) is 5.92 Å². The van der Waals surface area contributed by atoms with Gasteiger partial charge in [0.1, 0.15) is 17.8 Å². The Hall–Kier alpha value is -2.11. The van der Waals surface area contributed by atoms with E-state index in [-0.39, 0.29) is 12.2 Å². The van der Waals surface area contributed by atoms with Crippen molar-refractivity contribution in [2.45, 2.75) is 26.8 Å². The Kier molecular flexibility index (Phi) is 3.76. The van der Waals surface area contributed by atoms with Gasteiger partial charge >= 0.3 is 0 Å². The molecule has 0 spiro atoms. The Bertz CT molecular complexity index is 520. The van der Waals surface area contributed by atoms with Gasteiger partial charge in [-0.1, -0.05) is 13.8 Å². The highest BCUT2D eigenvalue weighted by molar-refractivity contribution is 5.94. The first-order chi connectivity index (χ1) is 8.66. The second kappa shape index (κ2) is 5.48. The van der Waals surface area contributed by atoms with E-state index in [9.17, 15) is 4.79 Å². The van der Waals surface area contributed by atoms with Gasteiger partial charge in [0, 0.05) is 18.9 Å². The molecule has 0 aliphatic heterocycles. The minimum absolute atomic E-state index is 0.0962. The zero-order chi connectivity index (χ0) is 13.0. The van der Waals surface area contributed by atoms with Crippen LogP contribution in [0.1, 0.15) is 30.2 Å². The van der Waals surface area contributed by atoms with Crippen molar-refractivity contribution in [2.24, 2.45) is 5.92 Å². The van der Waals surface area contributed by atoms with Crippen LogP contribution in [-0.2, 0) is 13.0 Å². The van der Waals surface area contributed by atoms with Crippen LogP contribution in [0.25, 0.3) is 0 Å². The molecule has 2 aromatic rings. The molecule has 0 unspecified atom stereocenters. The molecule has 0 N–H and O–H groups in total. The van der Waals surface area contributed by atoms with Gasteiger partial charge in [0.25, 0.3) is 0 Å². The molecule has 0 amide bonds. The standard InChI is InChI=1S/C12H15N5O/c1-9(2)7-17-12(15-8-16-17)5-11(18)10-6-13-3-4-14-10/h3-4,6,8-9H,5,7H2,1-2H3. The van der Waals surface area contributed by atoms with Crippen LogP contribution in [0.2, 0.25) is 0 Å². The molecular weight excluding hydrogens is 230 g/mol. The summed E-state index contributed by atoms with van der Waals surface area (Å²) < 4.78 is 1.76. The van der Waals surface area contributed by atoms with Crippen LogP contribution in [-0.4, -0.2) is 30.5 Å². The first kappa shape index (κ1) is 12.3. The van der Waals surface area contributed by atoms with Crippen LogP contribution in [0.3, 0.4) is 0 Å². The SMILES string of the molecule is CC(C)Cn1ncnc1CC(=O)c1cnccn1. The monoisotopic (exact) mass is 245 g/mol. The predicted octanol–water partition coefficient (Wildman–Crippen LogP) is 1.15. The van der Waals surface area contributed by atoms with E-state index in [0.717, 1.165) is 6.54 Å². The Morgan fingerprint density at radius 1 is 1.33 bits per heavy atom. The molecule has 0 atom stereocenters. The normalized spacial score (nSPS) is 10.8. The summed E-state index contributed by atoms with van der Waals surface area (Å²) in [6, 6.07) is 0. The number of Topliss-reactive ketones (excluding diaryl/α,β-unsaturated/α-hetero) is 1. The average molecular weight is 245 g/mol. The van der Waals surface area contributed by atoms with Gasteiger partial charge in [0.15, 0.2) is 5.78 Å². The number of ketones is 1. The van der Waals surface area contributed by atoms with E-state index in [1.54, 1.807) is 4.68 Å². The van der Waals surface area contributed by atoms with Gasteiger partial charge in [-0.15, -0.1) is 0 Å². The summed E-state index contributed by atoms with van der Waals surface area (Å²) in [4.78, 5) is 23.9. The fourth-order valence-corrected chi connectivity index (χ4v) is 1.60. The molecule has 6 nitrogen and oxygen atoms in total. The van der Waals surface area contributed by atoms with Gasteiger partial charge in [-0.2, -0.15) is 5.10 Å². The topological polar surface area (TPSA) is 73.6 Å². The second-order valence-corrected chi connectivity index (χ2v) is 4.44. The first-order valence-electron chi connectivity index (χ1n) is 5.82. The van der Waals surface area contributed by atoms with Crippen molar-refractivity contribution >= 4 is 5.78 Å². The highest BCUT2D eigenvalue weighted by Crippen LogP contribution is 2.05. The lowest BCUT2D eigenvalue weighted by molar-refractivity contribution is 0.0984. The van der Waals surface area contributed by atoms with E-state index in [0.29, 0.717) is 17.4 Å². The average Bonchev–Trinajstić information content (AvgIpc) is 2.77. The fourth-order valence-electron chi connectivity index (χ4n) is 1.60. The van der Waals surface area contributed by atoms with Crippen LogP contribution >= 0.6 is 0 Å². The van der Waals surface area contributed by atoms with E-state index < -0.39 is 0 Å². The third-order valence-electron chi connectivity index (χ3n) is 2.40. The molecule has 0 saturated heterocycles. The molecule has 6 heteroatoms. The molecule has 0 radical (unpaired) electrons. The van der Waals surface area contributed by atoms with Crippen LogP contribution < -0.4 is 0 Å². The molecule has 0 aliphatic rings. The molecule has 0 bridgehead atoms. The third kappa shape index (κ3) is 2.97. The summed E-state index contributed by atoms with van der Waals surface area (Å²) >= 11 is 0. The lowest BCUT2D eigenvalue weighted by Gasteiger charge is -2.07. The van der Waals surface area contributed by atoms with E-state index >= 15 is 0 Å². The molecule has 0 aliphatic carbocycles. The van der Waals surface area contributed by atoms with E-state index in [1.165, 1.54) is 24.9 Å². The zero-order valence-corrected chi connectivity index (χ0v) is 10.4. The summed E-state index contributed by atoms with van der Waals surface area (Å²) in [5.74, 6) is 1.03. The molecule has 2 heterocycles. The zero-order valence-electron chi connectivity index (χ0n) is 10.4. The number of rotatable bonds is 5. The minimum atomic E-state index is -0.0962. The number of nitrogens with zero attached hydrogens (tertiary/aromatic N) is 5. The first-order valence-corrected chi connectivity index (χ1v) is 5.82. The molecule has 0 saturated carbocycles. The number of carbonyl (C=O) groups is 1. The molecule has 94 valence electrons. The largest absolute Gasteiger partial charge is 0.292 e. The second-order valence-electron chi connectivity index (χ2n) is 4.44. The highest BCUT2D eigenvalue weighted by Gasteiger charge is 2.13. The summed E-state index contributed by atoms with van der Waals surface area (Å²) in [5.41, 5.74) is 0.358. The number of hydrogen-bond donors (Lipinski definition) is 0. The van der Waals surface area contributed by atoms with Crippen molar-refractivity contribution < 1.29 is 4.79 Å². The number of carbonyl (C=O) groups excluding carboxylic acids is 1. The van der Waals surface area contributed by atoms with Crippen LogP contribution in [0.5, 0.6) is 0 Å². The van der Waals surface area contributed by atoms with Crippen molar-refractivity contribution in [3.63, 3.8) is 0 Å². The molecule has 2 rings (SSSR count).